The van der Waals surface area contributed by atoms with E-state index in [2.05, 4.69) is 17.4 Å². The van der Waals surface area contributed by atoms with Gasteiger partial charge in [0.15, 0.2) is 5.11 Å². The summed E-state index contributed by atoms with van der Waals surface area (Å²) in [5.41, 5.74) is 2.60. The molecule has 3 aromatic carbocycles. The predicted octanol–water partition coefficient (Wildman–Crippen LogP) is 5.05. The van der Waals surface area contributed by atoms with Crippen molar-refractivity contribution >= 4 is 40.5 Å². The molecule has 1 aliphatic heterocycles. The van der Waals surface area contributed by atoms with Crippen molar-refractivity contribution in [3.05, 3.63) is 90.5 Å². The van der Waals surface area contributed by atoms with Gasteiger partial charge >= 0.3 is 0 Å². The van der Waals surface area contributed by atoms with Crippen LogP contribution in [-0.2, 0) is 16.0 Å². The minimum Gasteiger partial charge on any atom is -0.494 e. The third-order valence-electron chi connectivity index (χ3n) is 5.87. The highest BCUT2D eigenvalue weighted by Crippen LogP contribution is 2.28. The van der Waals surface area contributed by atoms with Gasteiger partial charge in [0, 0.05) is 12.2 Å². The third-order valence-corrected chi connectivity index (χ3v) is 6.29. The van der Waals surface area contributed by atoms with Crippen LogP contribution in [0.5, 0.6) is 5.75 Å². The van der Waals surface area contributed by atoms with Crippen molar-refractivity contribution in [2.75, 3.05) is 23.4 Å². The fourth-order valence-corrected chi connectivity index (χ4v) is 4.60. The second-order valence-corrected chi connectivity index (χ2v) is 8.66. The molecule has 1 atom stereocenters. The van der Waals surface area contributed by atoms with Gasteiger partial charge in [-0.15, -0.1) is 0 Å². The summed E-state index contributed by atoms with van der Waals surface area (Å²) in [4.78, 5) is 29.8. The van der Waals surface area contributed by atoms with Gasteiger partial charge in [0.1, 0.15) is 11.8 Å². The Morgan fingerprint density at radius 3 is 2.29 bits per heavy atom. The van der Waals surface area contributed by atoms with E-state index >= 15 is 0 Å². The van der Waals surface area contributed by atoms with Gasteiger partial charge in [-0.05, 0) is 73.9 Å². The summed E-state index contributed by atoms with van der Waals surface area (Å²) in [5.74, 6) is 0.325. The van der Waals surface area contributed by atoms with Gasteiger partial charge in [0.05, 0.1) is 18.7 Å². The molecule has 6 nitrogen and oxygen atoms in total. The van der Waals surface area contributed by atoms with Gasteiger partial charge in [0.2, 0.25) is 5.91 Å². The molecule has 3 aromatic rings. The third kappa shape index (κ3) is 6.05. The Morgan fingerprint density at radius 2 is 1.63 bits per heavy atom. The van der Waals surface area contributed by atoms with Crippen LogP contribution in [0.15, 0.2) is 84.9 Å². The van der Waals surface area contributed by atoms with Gasteiger partial charge in [-0.1, -0.05) is 48.5 Å². The number of carbonyl (C=O) groups excluding carboxylic acids is 2. The van der Waals surface area contributed by atoms with Crippen LogP contribution < -0.4 is 15.0 Å². The molecular weight excluding hydrogens is 458 g/mol. The summed E-state index contributed by atoms with van der Waals surface area (Å²) in [6.07, 6.45) is 1.70. The maximum absolute atomic E-state index is 13.5. The van der Waals surface area contributed by atoms with E-state index in [4.69, 9.17) is 17.0 Å². The Labute approximate surface area is 211 Å². The summed E-state index contributed by atoms with van der Waals surface area (Å²) in [5, 5.41) is 3.33. The number of aryl methyl sites for hydroxylation is 1. The van der Waals surface area contributed by atoms with Crippen molar-refractivity contribution in [2.45, 2.75) is 32.2 Å². The van der Waals surface area contributed by atoms with Crippen molar-refractivity contribution < 1.29 is 14.3 Å². The SMILES string of the molecule is CCOc1ccc(NC(=O)C[C@H]2C(=O)N(c3ccccc3)C(=S)N2CCCc2ccccc2)cc1. The fraction of sp³-hybridized carbons (Fsp3) is 0.250. The molecular formula is C28H29N3O3S. The van der Waals surface area contributed by atoms with Crippen molar-refractivity contribution in [3.8, 4) is 5.75 Å². The van der Waals surface area contributed by atoms with Crippen molar-refractivity contribution in [2.24, 2.45) is 0 Å². The Hall–Kier alpha value is -3.71. The number of nitrogens with zero attached hydrogens (tertiary/aromatic N) is 2. The highest BCUT2D eigenvalue weighted by atomic mass is 32.1. The van der Waals surface area contributed by atoms with Crippen LogP contribution in [0.3, 0.4) is 0 Å². The van der Waals surface area contributed by atoms with Crippen LogP contribution in [0.4, 0.5) is 11.4 Å². The molecule has 1 saturated heterocycles. The molecule has 0 radical (unpaired) electrons. The minimum atomic E-state index is -0.652. The van der Waals surface area contributed by atoms with Gasteiger partial charge < -0.3 is 15.0 Å². The number of hydrogen-bond donors (Lipinski definition) is 1. The summed E-state index contributed by atoms with van der Waals surface area (Å²) in [6, 6.07) is 26.1. The molecule has 0 spiro atoms. The summed E-state index contributed by atoms with van der Waals surface area (Å²) in [7, 11) is 0. The van der Waals surface area contributed by atoms with Crippen LogP contribution in [0.2, 0.25) is 0 Å². The molecule has 4 rings (SSSR count). The Balaban J connectivity index is 1.47. The molecule has 0 aliphatic carbocycles. The number of benzene rings is 3. The number of para-hydroxylation sites is 1. The minimum absolute atomic E-state index is 0.0147. The lowest BCUT2D eigenvalue weighted by Crippen LogP contribution is -2.38. The van der Waals surface area contributed by atoms with Crippen LogP contribution in [-0.4, -0.2) is 41.0 Å². The number of carbonyl (C=O) groups is 2. The number of hydrogen-bond acceptors (Lipinski definition) is 4. The summed E-state index contributed by atoms with van der Waals surface area (Å²) >= 11 is 5.74. The van der Waals surface area contributed by atoms with Crippen LogP contribution in [0.25, 0.3) is 0 Å². The molecule has 35 heavy (non-hydrogen) atoms. The standard InChI is InChI=1S/C28H29N3O3S/c1-2-34-24-17-15-22(16-18-24)29-26(32)20-25-27(33)31(23-13-7-4-8-14-23)28(35)30(25)19-9-12-21-10-5-3-6-11-21/h3-8,10-11,13-18,25H,2,9,12,19-20H2,1H3,(H,29,32)/t25-/m0/s1. The molecule has 0 aromatic heterocycles. The van der Waals surface area contributed by atoms with E-state index < -0.39 is 6.04 Å². The highest BCUT2D eigenvalue weighted by Gasteiger charge is 2.43. The van der Waals surface area contributed by atoms with Gasteiger partial charge in [0.25, 0.3) is 5.91 Å². The predicted molar refractivity (Wildman–Crippen MR) is 143 cm³/mol. The average molecular weight is 488 g/mol. The summed E-state index contributed by atoms with van der Waals surface area (Å²) in [6.45, 7) is 3.08. The zero-order valence-electron chi connectivity index (χ0n) is 19.7. The molecule has 0 saturated carbocycles. The zero-order chi connectivity index (χ0) is 24.6. The Morgan fingerprint density at radius 1 is 0.971 bits per heavy atom. The van der Waals surface area contributed by atoms with Crippen molar-refractivity contribution in [1.29, 1.82) is 0 Å². The van der Waals surface area contributed by atoms with E-state index in [1.807, 2.05) is 72.5 Å². The number of rotatable bonds is 10. The van der Waals surface area contributed by atoms with E-state index in [0.29, 0.717) is 29.6 Å². The van der Waals surface area contributed by atoms with E-state index in [-0.39, 0.29) is 18.2 Å². The number of anilines is 2. The van der Waals surface area contributed by atoms with Crippen LogP contribution in [0.1, 0.15) is 25.3 Å². The fourth-order valence-electron chi connectivity index (χ4n) is 4.19. The van der Waals surface area contributed by atoms with Gasteiger partial charge in [-0.3, -0.25) is 14.5 Å². The molecule has 180 valence electrons. The average Bonchev–Trinajstić information content (AvgIpc) is 3.10. The molecule has 0 unspecified atom stereocenters. The van der Waals surface area contributed by atoms with E-state index in [1.54, 1.807) is 17.0 Å². The van der Waals surface area contributed by atoms with E-state index in [0.717, 1.165) is 18.6 Å². The maximum Gasteiger partial charge on any atom is 0.256 e. The first-order valence-electron chi connectivity index (χ1n) is 11.8. The number of nitrogens with one attached hydrogen (secondary N) is 1. The molecule has 1 aliphatic rings. The first-order valence-corrected chi connectivity index (χ1v) is 12.2. The Kier molecular flexibility index (Phi) is 8.11. The van der Waals surface area contributed by atoms with E-state index in [1.165, 1.54) is 5.56 Å². The second kappa shape index (κ2) is 11.6. The quantitative estimate of drug-likeness (QED) is 0.406. The van der Waals surface area contributed by atoms with Crippen LogP contribution in [0, 0.1) is 0 Å². The second-order valence-electron chi connectivity index (χ2n) is 8.30. The molecule has 1 N–H and O–H groups in total. The zero-order valence-corrected chi connectivity index (χ0v) is 20.5. The first-order chi connectivity index (χ1) is 17.1. The van der Waals surface area contributed by atoms with Gasteiger partial charge in [-0.2, -0.15) is 0 Å². The Bertz CT molecular complexity index is 1150. The smallest absolute Gasteiger partial charge is 0.256 e. The topological polar surface area (TPSA) is 61.9 Å². The highest BCUT2D eigenvalue weighted by molar-refractivity contribution is 7.80. The lowest BCUT2D eigenvalue weighted by molar-refractivity contribution is -0.124. The summed E-state index contributed by atoms with van der Waals surface area (Å²) < 4.78 is 5.45. The van der Waals surface area contributed by atoms with Crippen LogP contribution >= 0.6 is 12.2 Å². The first kappa shape index (κ1) is 24.4. The maximum atomic E-state index is 13.5. The number of ether oxygens (including phenoxy) is 1. The molecule has 2 amide bonds. The normalized spacial score (nSPS) is 15.4. The van der Waals surface area contributed by atoms with Gasteiger partial charge in [-0.25, -0.2) is 0 Å². The van der Waals surface area contributed by atoms with Crippen molar-refractivity contribution in [1.82, 2.24) is 4.90 Å². The molecule has 7 heteroatoms. The molecule has 1 fully saturated rings. The lowest BCUT2D eigenvalue weighted by atomic mass is 10.1. The molecule has 0 bridgehead atoms. The van der Waals surface area contributed by atoms with Crippen molar-refractivity contribution in [3.63, 3.8) is 0 Å². The number of thiocarbonyl (C=S) groups is 1. The largest absolute Gasteiger partial charge is 0.494 e. The lowest BCUT2D eigenvalue weighted by Gasteiger charge is -2.24. The molecule has 1 heterocycles. The van der Waals surface area contributed by atoms with E-state index in [9.17, 15) is 9.59 Å². The number of amides is 2. The monoisotopic (exact) mass is 487 g/mol.